The molecule has 0 aliphatic carbocycles. The molecule has 90 valence electrons. The van der Waals surface area contributed by atoms with Crippen LogP contribution in [0.15, 0.2) is 35.3 Å². The van der Waals surface area contributed by atoms with Crippen LogP contribution in [0.3, 0.4) is 0 Å². The second-order valence-electron chi connectivity index (χ2n) is 3.77. The summed E-state index contributed by atoms with van der Waals surface area (Å²) in [4.78, 5) is 8.48. The molecule has 0 bridgehead atoms. The minimum absolute atomic E-state index is 0.0578. The zero-order valence-electron chi connectivity index (χ0n) is 10.2. The molecule has 2 aromatic heterocycles. The third-order valence-corrected chi connectivity index (χ3v) is 2.70. The Hall–Kier alpha value is -1.68. The summed E-state index contributed by atoms with van der Waals surface area (Å²) >= 11 is 0. The molecule has 2 heterocycles. The van der Waals surface area contributed by atoms with Crippen molar-refractivity contribution in [1.82, 2.24) is 15.3 Å². The molecular weight excluding hydrogens is 214 g/mol. The lowest BCUT2D eigenvalue weighted by Crippen LogP contribution is -2.23. The van der Waals surface area contributed by atoms with Gasteiger partial charge in [-0.25, -0.2) is 0 Å². The fourth-order valence-corrected chi connectivity index (χ4v) is 1.93. The molecule has 0 amide bonds. The zero-order chi connectivity index (χ0) is 12.1. The summed E-state index contributed by atoms with van der Waals surface area (Å²) in [6, 6.07) is 2.06. The smallest absolute Gasteiger partial charge is 0.108 e. The highest BCUT2D eigenvalue weighted by molar-refractivity contribution is 5.28. The Balaban J connectivity index is 2.36. The zero-order valence-corrected chi connectivity index (χ0v) is 10.2. The highest BCUT2D eigenvalue weighted by Crippen LogP contribution is 2.24. The van der Waals surface area contributed by atoms with Gasteiger partial charge >= 0.3 is 0 Å². The van der Waals surface area contributed by atoms with Crippen molar-refractivity contribution < 1.29 is 4.42 Å². The van der Waals surface area contributed by atoms with Crippen molar-refractivity contribution in [2.45, 2.75) is 26.3 Å². The van der Waals surface area contributed by atoms with Gasteiger partial charge < -0.3 is 9.73 Å². The highest BCUT2D eigenvalue weighted by Gasteiger charge is 2.19. The van der Waals surface area contributed by atoms with E-state index in [9.17, 15) is 0 Å². The van der Waals surface area contributed by atoms with Gasteiger partial charge in [-0.15, -0.1) is 0 Å². The lowest BCUT2D eigenvalue weighted by atomic mass is 10.0. The normalized spacial score (nSPS) is 12.6. The van der Waals surface area contributed by atoms with Crippen LogP contribution in [-0.4, -0.2) is 16.5 Å². The molecule has 0 spiro atoms. The number of nitrogens with one attached hydrogen (secondary N) is 1. The van der Waals surface area contributed by atoms with Gasteiger partial charge in [0, 0.05) is 24.4 Å². The van der Waals surface area contributed by atoms with Crippen molar-refractivity contribution in [2.75, 3.05) is 6.54 Å². The first-order chi connectivity index (χ1) is 8.36. The molecule has 0 saturated carbocycles. The third-order valence-electron chi connectivity index (χ3n) is 2.70. The standard InChI is InChI=1S/C13H17N3O/c1-3-12-10(5-8-17-12)13(15-4-2)11-9-14-6-7-16-11/h5-9,13,15H,3-4H2,1-2H3. The van der Waals surface area contributed by atoms with Gasteiger partial charge in [0.05, 0.1) is 24.2 Å². The molecular formula is C13H17N3O. The number of hydrogen-bond donors (Lipinski definition) is 1. The molecule has 1 unspecified atom stereocenters. The van der Waals surface area contributed by atoms with Crippen LogP contribution in [0.1, 0.15) is 36.9 Å². The number of nitrogens with zero attached hydrogens (tertiary/aromatic N) is 2. The van der Waals surface area contributed by atoms with E-state index in [0.717, 1.165) is 30.0 Å². The van der Waals surface area contributed by atoms with Gasteiger partial charge in [0.15, 0.2) is 0 Å². The first-order valence-corrected chi connectivity index (χ1v) is 5.92. The van der Waals surface area contributed by atoms with Crippen LogP contribution in [-0.2, 0) is 6.42 Å². The largest absolute Gasteiger partial charge is 0.469 e. The molecule has 0 fully saturated rings. The Labute approximate surface area is 101 Å². The molecule has 0 aromatic carbocycles. The number of hydrogen-bond acceptors (Lipinski definition) is 4. The van der Waals surface area contributed by atoms with E-state index in [4.69, 9.17) is 4.42 Å². The number of furan rings is 1. The number of aromatic nitrogens is 2. The predicted octanol–water partition coefficient (Wildman–Crippen LogP) is 2.33. The summed E-state index contributed by atoms with van der Waals surface area (Å²) in [5, 5.41) is 3.41. The maximum atomic E-state index is 5.47. The molecule has 17 heavy (non-hydrogen) atoms. The maximum absolute atomic E-state index is 5.47. The minimum atomic E-state index is 0.0578. The van der Waals surface area contributed by atoms with E-state index in [1.165, 1.54) is 0 Å². The summed E-state index contributed by atoms with van der Waals surface area (Å²) < 4.78 is 5.47. The van der Waals surface area contributed by atoms with Crippen molar-refractivity contribution in [3.63, 3.8) is 0 Å². The van der Waals surface area contributed by atoms with E-state index in [2.05, 4.69) is 29.1 Å². The fraction of sp³-hybridized carbons (Fsp3) is 0.385. The van der Waals surface area contributed by atoms with E-state index in [-0.39, 0.29) is 6.04 Å². The van der Waals surface area contributed by atoms with Crippen molar-refractivity contribution in [2.24, 2.45) is 0 Å². The van der Waals surface area contributed by atoms with Gasteiger partial charge in [0.2, 0.25) is 0 Å². The first-order valence-electron chi connectivity index (χ1n) is 5.92. The molecule has 4 nitrogen and oxygen atoms in total. The predicted molar refractivity (Wildman–Crippen MR) is 65.6 cm³/mol. The quantitative estimate of drug-likeness (QED) is 0.858. The van der Waals surface area contributed by atoms with Crippen LogP contribution in [0.4, 0.5) is 0 Å². The van der Waals surface area contributed by atoms with E-state index in [1.54, 1.807) is 24.9 Å². The van der Waals surface area contributed by atoms with E-state index < -0.39 is 0 Å². The molecule has 0 saturated heterocycles. The molecule has 4 heteroatoms. The minimum Gasteiger partial charge on any atom is -0.469 e. The van der Waals surface area contributed by atoms with Crippen LogP contribution in [0.2, 0.25) is 0 Å². The summed E-state index contributed by atoms with van der Waals surface area (Å²) in [7, 11) is 0. The average molecular weight is 231 g/mol. The van der Waals surface area contributed by atoms with E-state index in [1.807, 2.05) is 6.07 Å². The lowest BCUT2D eigenvalue weighted by Gasteiger charge is -2.16. The highest BCUT2D eigenvalue weighted by atomic mass is 16.3. The summed E-state index contributed by atoms with van der Waals surface area (Å²) in [5.41, 5.74) is 2.07. The molecule has 0 aliphatic rings. The van der Waals surface area contributed by atoms with Gasteiger partial charge in [-0.2, -0.15) is 0 Å². The van der Waals surface area contributed by atoms with Gasteiger partial charge in [0.25, 0.3) is 0 Å². The topological polar surface area (TPSA) is 51.0 Å². The monoisotopic (exact) mass is 231 g/mol. The van der Waals surface area contributed by atoms with Gasteiger partial charge in [0.1, 0.15) is 5.76 Å². The second kappa shape index (κ2) is 5.59. The van der Waals surface area contributed by atoms with Gasteiger partial charge in [-0.3, -0.25) is 9.97 Å². The van der Waals surface area contributed by atoms with Crippen LogP contribution in [0.5, 0.6) is 0 Å². The van der Waals surface area contributed by atoms with E-state index >= 15 is 0 Å². The molecule has 1 N–H and O–H groups in total. The average Bonchev–Trinajstić information content (AvgIpc) is 2.85. The Kier molecular flexibility index (Phi) is 3.88. The Morgan fingerprint density at radius 3 is 2.88 bits per heavy atom. The Morgan fingerprint density at radius 1 is 1.35 bits per heavy atom. The van der Waals surface area contributed by atoms with E-state index in [0.29, 0.717) is 0 Å². The summed E-state index contributed by atoms with van der Waals surface area (Å²) in [6.45, 7) is 5.03. The second-order valence-corrected chi connectivity index (χ2v) is 3.77. The summed E-state index contributed by atoms with van der Waals surface area (Å²) in [6.07, 6.45) is 7.80. The van der Waals surface area contributed by atoms with Crippen molar-refractivity contribution in [3.8, 4) is 0 Å². The molecule has 0 aliphatic heterocycles. The summed E-state index contributed by atoms with van der Waals surface area (Å²) in [5.74, 6) is 1.00. The third kappa shape index (κ3) is 2.53. The maximum Gasteiger partial charge on any atom is 0.108 e. The Bertz CT molecular complexity index is 453. The molecule has 2 rings (SSSR count). The van der Waals surface area contributed by atoms with Crippen molar-refractivity contribution >= 4 is 0 Å². The molecule has 2 aromatic rings. The lowest BCUT2D eigenvalue weighted by molar-refractivity contribution is 0.500. The van der Waals surface area contributed by atoms with Gasteiger partial charge in [-0.05, 0) is 12.6 Å². The van der Waals surface area contributed by atoms with Gasteiger partial charge in [-0.1, -0.05) is 13.8 Å². The van der Waals surface area contributed by atoms with Crippen molar-refractivity contribution in [3.05, 3.63) is 47.9 Å². The van der Waals surface area contributed by atoms with Crippen LogP contribution in [0.25, 0.3) is 0 Å². The first kappa shape index (κ1) is 11.8. The van der Waals surface area contributed by atoms with Crippen LogP contribution >= 0.6 is 0 Å². The van der Waals surface area contributed by atoms with Crippen molar-refractivity contribution in [1.29, 1.82) is 0 Å². The van der Waals surface area contributed by atoms with Crippen LogP contribution in [0, 0.1) is 0 Å². The SMILES string of the molecule is CCNC(c1cnccn1)c1ccoc1CC. The fourth-order valence-electron chi connectivity index (χ4n) is 1.93. The van der Waals surface area contributed by atoms with Crippen LogP contribution < -0.4 is 5.32 Å². The number of aryl methyl sites for hydroxylation is 1. The Morgan fingerprint density at radius 2 is 2.24 bits per heavy atom. The molecule has 0 radical (unpaired) electrons. The molecule has 1 atom stereocenters. The number of rotatable bonds is 5.